The summed E-state index contributed by atoms with van der Waals surface area (Å²) in [6, 6.07) is 20.0. The fourth-order valence-corrected chi connectivity index (χ4v) is 3.60. The maximum absolute atomic E-state index is 13.5. The summed E-state index contributed by atoms with van der Waals surface area (Å²) in [4.78, 5) is 28.2. The molecule has 0 saturated carbocycles. The van der Waals surface area contributed by atoms with E-state index in [1.54, 1.807) is 36.4 Å². The SMILES string of the molecule is Cc1ccccc1N1C(=O)C(Nc2ccc(F)cc2)=C(c2ccc(OCC(C)C)cc2)C1=O. The molecule has 33 heavy (non-hydrogen) atoms. The van der Waals surface area contributed by atoms with E-state index in [2.05, 4.69) is 19.2 Å². The molecule has 1 aliphatic rings. The van der Waals surface area contributed by atoms with Crippen molar-refractivity contribution in [1.29, 1.82) is 0 Å². The van der Waals surface area contributed by atoms with E-state index in [1.807, 2.05) is 19.1 Å². The zero-order valence-electron chi connectivity index (χ0n) is 18.8. The number of amides is 2. The summed E-state index contributed by atoms with van der Waals surface area (Å²) in [5, 5.41) is 3.04. The number of benzene rings is 3. The van der Waals surface area contributed by atoms with Gasteiger partial charge in [-0.2, -0.15) is 0 Å². The first-order valence-corrected chi connectivity index (χ1v) is 10.8. The minimum absolute atomic E-state index is 0.144. The summed E-state index contributed by atoms with van der Waals surface area (Å²) in [5.74, 6) is -0.199. The lowest BCUT2D eigenvalue weighted by atomic mass is 10.0. The summed E-state index contributed by atoms with van der Waals surface area (Å²) in [6.07, 6.45) is 0. The number of rotatable bonds is 7. The van der Waals surface area contributed by atoms with Crippen LogP contribution >= 0.6 is 0 Å². The number of carbonyl (C=O) groups is 2. The number of hydrogen-bond donors (Lipinski definition) is 1. The number of halogens is 1. The van der Waals surface area contributed by atoms with Crippen LogP contribution in [-0.4, -0.2) is 18.4 Å². The van der Waals surface area contributed by atoms with E-state index < -0.39 is 11.8 Å². The summed E-state index contributed by atoms with van der Waals surface area (Å²) in [7, 11) is 0. The number of imide groups is 1. The molecule has 0 spiro atoms. The first kappa shape index (κ1) is 22.3. The third kappa shape index (κ3) is 4.65. The Hall–Kier alpha value is -3.93. The molecule has 5 nitrogen and oxygen atoms in total. The van der Waals surface area contributed by atoms with Crippen molar-refractivity contribution in [3.05, 3.63) is 95.4 Å². The number of nitrogens with zero attached hydrogens (tertiary/aromatic N) is 1. The molecule has 3 aromatic carbocycles. The topological polar surface area (TPSA) is 58.6 Å². The maximum Gasteiger partial charge on any atom is 0.282 e. The van der Waals surface area contributed by atoms with Crippen molar-refractivity contribution in [2.75, 3.05) is 16.8 Å². The van der Waals surface area contributed by atoms with E-state index in [0.717, 1.165) is 5.56 Å². The second kappa shape index (κ2) is 9.28. The Morgan fingerprint density at radius 2 is 1.58 bits per heavy atom. The molecular weight excluding hydrogens is 419 g/mol. The normalized spacial score (nSPS) is 13.8. The Balaban J connectivity index is 1.75. The number of carbonyl (C=O) groups excluding carboxylic acids is 2. The van der Waals surface area contributed by atoms with Crippen LogP contribution in [0.1, 0.15) is 25.0 Å². The molecule has 1 aliphatic heterocycles. The Kier molecular flexibility index (Phi) is 6.27. The van der Waals surface area contributed by atoms with Gasteiger partial charge in [-0.15, -0.1) is 0 Å². The van der Waals surface area contributed by atoms with Gasteiger partial charge in [0.15, 0.2) is 0 Å². The Labute approximate surface area is 192 Å². The molecule has 0 saturated heterocycles. The summed E-state index contributed by atoms with van der Waals surface area (Å²) < 4.78 is 19.1. The monoisotopic (exact) mass is 444 g/mol. The van der Waals surface area contributed by atoms with Crippen molar-refractivity contribution in [1.82, 2.24) is 0 Å². The van der Waals surface area contributed by atoms with Gasteiger partial charge in [-0.05, 0) is 66.4 Å². The van der Waals surface area contributed by atoms with Crippen molar-refractivity contribution < 1.29 is 18.7 Å². The third-order valence-corrected chi connectivity index (χ3v) is 5.28. The molecule has 0 bridgehead atoms. The number of para-hydroxylation sites is 1. The first-order valence-electron chi connectivity index (χ1n) is 10.8. The van der Waals surface area contributed by atoms with Gasteiger partial charge in [0.05, 0.1) is 17.9 Å². The van der Waals surface area contributed by atoms with Crippen molar-refractivity contribution in [3.63, 3.8) is 0 Å². The zero-order valence-corrected chi connectivity index (χ0v) is 18.8. The molecule has 0 fully saturated rings. The van der Waals surface area contributed by atoms with E-state index >= 15 is 0 Å². The smallest absolute Gasteiger partial charge is 0.282 e. The fraction of sp³-hybridized carbons (Fsp3) is 0.185. The second-order valence-electron chi connectivity index (χ2n) is 8.34. The van der Waals surface area contributed by atoms with Gasteiger partial charge in [0, 0.05) is 5.69 Å². The quantitative estimate of drug-likeness (QED) is 0.485. The Bertz CT molecular complexity index is 1210. The molecule has 0 radical (unpaired) electrons. The van der Waals surface area contributed by atoms with E-state index in [0.29, 0.717) is 35.2 Å². The number of anilines is 2. The highest BCUT2D eigenvalue weighted by molar-refractivity contribution is 6.46. The van der Waals surface area contributed by atoms with Crippen LogP contribution < -0.4 is 15.0 Å². The molecule has 168 valence electrons. The van der Waals surface area contributed by atoms with Crippen LogP contribution in [0.2, 0.25) is 0 Å². The number of nitrogens with one attached hydrogen (secondary N) is 1. The predicted molar refractivity (Wildman–Crippen MR) is 127 cm³/mol. The fourth-order valence-electron chi connectivity index (χ4n) is 3.60. The number of ether oxygens (including phenoxy) is 1. The van der Waals surface area contributed by atoms with E-state index in [-0.39, 0.29) is 17.1 Å². The van der Waals surface area contributed by atoms with Crippen molar-refractivity contribution >= 4 is 28.8 Å². The molecule has 0 atom stereocenters. The molecule has 6 heteroatoms. The molecule has 0 unspecified atom stereocenters. The van der Waals surface area contributed by atoms with Crippen LogP contribution in [-0.2, 0) is 9.59 Å². The lowest BCUT2D eigenvalue weighted by Crippen LogP contribution is -2.33. The largest absolute Gasteiger partial charge is 0.493 e. The molecular formula is C27H25FN2O3. The Morgan fingerprint density at radius 3 is 2.21 bits per heavy atom. The van der Waals surface area contributed by atoms with Crippen LogP contribution in [0.25, 0.3) is 5.57 Å². The average Bonchev–Trinajstić information content (AvgIpc) is 3.04. The molecule has 1 heterocycles. The van der Waals surface area contributed by atoms with Gasteiger partial charge in [-0.25, -0.2) is 9.29 Å². The molecule has 0 aromatic heterocycles. The van der Waals surface area contributed by atoms with Crippen molar-refractivity contribution in [2.45, 2.75) is 20.8 Å². The third-order valence-electron chi connectivity index (χ3n) is 5.28. The van der Waals surface area contributed by atoms with Crippen molar-refractivity contribution in [3.8, 4) is 5.75 Å². The highest BCUT2D eigenvalue weighted by Crippen LogP contribution is 2.35. The highest BCUT2D eigenvalue weighted by Gasteiger charge is 2.40. The minimum atomic E-state index is -0.464. The second-order valence-corrected chi connectivity index (χ2v) is 8.34. The van der Waals surface area contributed by atoms with Crippen LogP contribution in [0.5, 0.6) is 5.75 Å². The van der Waals surface area contributed by atoms with E-state index in [9.17, 15) is 14.0 Å². The summed E-state index contributed by atoms with van der Waals surface area (Å²) in [6.45, 7) is 6.56. The summed E-state index contributed by atoms with van der Waals surface area (Å²) in [5.41, 5.74) is 2.82. The van der Waals surface area contributed by atoms with Crippen LogP contribution in [0, 0.1) is 18.7 Å². The van der Waals surface area contributed by atoms with Gasteiger partial charge < -0.3 is 10.1 Å². The van der Waals surface area contributed by atoms with Gasteiger partial charge in [0.1, 0.15) is 17.3 Å². The van der Waals surface area contributed by atoms with Gasteiger partial charge in [0.2, 0.25) is 0 Å². The highest BCUT2D eigenvalue weighted by atomic mass is 19.1. The molecule has 3 aromatic rings. The molecule has 0 aliphatic carbocycles. The van der Waals surface area contributed by atoms with Gasteiger partial charge in [-0.3, -0.25) is 9.59 Å². The Morgan fingerprint density at radius 1 is 0.909 bits per heavy atom. The lowest BCUT2D eigenvalue weighted by Gasteiger charge is -2.17. The average molecular weight is 445 g/mol. The predicted octanol–water partition coefficient (Wildman–Crippen LogP) is 5.57. The number of aryl methyl sites for hydroxylation is 1. The molecule has 4 rings (SSSR count). The van der Waals surface area contributed by atoms with Crippen LogP contribution in [0.4, 0.5) is 15.8 Å². The van der Waals surface area contributed by atoms with E-state index in [4.69, 9.17) is 4.74 Å². The van der Waals surface area contributed by atoms with Gasteiger partial charge >= 0.3 is 0 Å². The van der Waals surface area contributed by atoms with Crippen LogP contribution in [0.15, 0.2) is 78.5 Å². The van der Waals surface area contributed by atoms with Crippen LogP contribution in [0.3, 0.4) is 0 Å². The molecule has 1 N–H and O–H groups in total. The number of hydrogen-bond acceptors (Lipinski definition) is 4. The van der Waals surface area contributed by atoms with Crippen molar-refractivity contribution in [2.24, 2.45) is 5.92 Å². The summed E-state index contributed by atoms with van der Waals surface area (Å²) >= 11 is 0. The van der Waals surface area contributed by atoms with E-state index in [1.165, 1.54) is 29.2 Å². The lowest BCUT2D eigenvalue weighted by molar-refractivity contribution is -0.120. The minimum Gasteiger partial charge on any atom is -0.493 e. The van der Waals surface area contributed by atoms with Gasteiger partial charge in [0.25, 0.3) is 11.8 Å². The molecule has 2 amide bonds. The van der Waals surface area contributed by atoms with Gasteiger partial charge in [-0.1, -0.05) is 44.2 Å². The first-order chi connectivity index (χ1) is 15.8. The maximum atomic E-state index is 13.5. The standard InChI is InChI=1S/C27H25FN2O3/c1-17(2)16-33-22-14-8-19(9-15-22)24-25(29-21-12-10-20(28)11-13-21)27(32)30(26(24)31)23-7-5-4-6-18(23)3/h4-15,17,29H,16H2,1-3H3. The zero-order chi connectivity index (χ0) is 23.5.